The van der Waals surface area contributed by atoms with Gasteiger partial charge in [0.15, 0.2) is 5.69 Å². The molecule has 1 unspecified atom stereocenters. The van der Waals surface area contributed by atoms with Crippen molar-refractivity contribution in [3.63, 3.8) is 0 Å². The monoisotopic (exact) mass is 335 g/mol. The molecule has 1 aliphatic heterocycles. The standard InChI is InChI=1S/C15H12F3N5O/c16-15(17,18)12-7-13(23-14(22-12)19-8-20-23)21-10-5-6-24-11-4-2-1-3-9(10)11/h1-4,7-8,10,21H,5-6H2. The zero-order valence-corrected chi connectivity index (χ0v) is 12.3. The van der Waals surface area contributed by atoms with Gasteiger partial charge in [-0.3, -0.25) is 0 Å². The van der Waals surface area contributed by atoms with E-state index in [4.69, 9.17) is 4.74 Å². The highest BCUT2D eigenvalue weighted by Gasteiger charge is 2.34. The van der Waals surface area contributed by atoms with E-state index in [1.807, 2.05) is 24.3 Å². The summed E-state index contributed by atoms with van der Waals surface area (Å²) < 4.78 is 46.0. The van der Waals surface area contributed by atoms with Crippen LogP contribution in [-0.2, 0) is 6.18 Å². The van der Waals surface area contributed by atoms with Crippen LogP contribution in [0.15, 0.2) is 36.7 Å². The van der Waals surface area contributed by atoms with Crippen LogP contribution in [-0.4, -0.2) is 26.2 Å². The fourth-order valence-electron chi connectivity index (χ4n) is 2.73. The molecular weight excluding hydrogens is 323 g/mol. The summed E-state index contributed by atoms with van der Waals surface area (Å²) in [4.78, 5) is 7.27. The summed E-state index contributed by atoms with van der Waals surface area (Å²) in [5.74, 6) is 0.806. The highest BCUT2D eigenvalue weighted by atomic mass is 19.4. The summed E-state index contributed by atoms with van der Waals surface area (Å²) in [6.07, 6.45) is -2.76. The van der Waals surface area contributed by atoms with Gasteiger partial charge in [0, 0.05) is 18.1 Å². The average Bonchev–Trinajstić information content (AvgIpc) is 3.03. The maximum Gasteiger partial charge on any atom is 0.433 e. The number of hydrogen-bond donors (Lipinski definition) is 1. The molecular formula is C15H12F3N5O. The van der Waals surface area contributed by atoms with Crippen molar-refractivity contribution in [1.29, 1.82) is 0 Å². The lowest BCUT2D eigenvalue weighted by atomic mass is 10.0. The van der Waals surface area contributed by atoms with Gasteiger partial charge >= 0.3 is 6.18 Å². The van der Waals surface area contributed by atoms with Gasteiger partial charge in [-0.2, -0.15) is 27.8 Å². The third-order valence-corrected chi connectivity index (χ3v) is 3.82. The highest BCUT2D eigenvalue weighted by Crippen LogP contribution is 2.35. The first-order chi connectivity index (χ1) is 11.5. The number of benzene rings is 1. The number of aromatic nitrogens is 4. The Balaban J connectivity index is 1.76. The number of halogens is 3. The van der Waals surface area contributed by atoms with Crippen molar-refractivity contribution in [2.45, 2.75) is 18.6 Å². The molecule has 2 aromatic heterocycles. The number of ether oxygens (including phenoxy) is 1. The smallest absolute Gasteiger partial charge is 0.433 e. The van der Waals surface area contributed by atoms with E-state index in [1.165, 1.54) is 10.8 Å². The number of nitrogens with zero attached hydrogens (tertiary/aromatic N) is 4. The second-order valence-corrected chi connectivity index (χ2v) is 5.37. The maximum atomic E-state index is 13.1. The fraction of sp³-hybridized carbons (Fsp3) is 0.267. The van der Waals surface area contributed by atoms with E-state index in [0.29, 0.717) is 13.0 Å². The van der Waals surface area contributed by atoms with Crippen molar-refractivity contribution in [2.75, 3.05) is 11.9 Å². The first-order valence-corrected chi connectivity index (χ1v) is 7.28. The number of anilines is 1. The van der Waals surface area contributed by atoms with E-state index >= 15 is 0 Å². The third kappa shape index (κ3) is 2.51. The molecule has 124 valence electrons. The van der Waals surface area contributed by atoms with Gasteiger partial charge in [0.2, 0.25) is 0 Å². The minimum absolute atomic E-state index is 0.104. The lowest BCUT2D eigenvalue weighted by Gasteiger charge is -2.27. The Hall–Kier alpha value is -2.84. The Kier molecular flexibility index (Phi) is 3.29. The molecule has 6 nitrogen and oxygen atoms in total. The molecule has 1 aromatic carbocycles. The summed E-state index contributed by atoms with van der Waals surface area (Å²) in [5.41, 5.74) is -0.117. The van der Waals surface area contributed by atoms with E-state index in [9.17, 15) is 13.2 Å². The van der Waals surface area contributed by atoms with Crippen molar-refractivity contribution in [2.24, 2.45) is 0 Å². The van der Waals surface area contributed by atoms with Crippen LogP contribution in [0.25, 0.3) is 5.78 Å². The van der Waals surface area contributed by atoms with Crippen molar-refractivity contribution in [1.82, 2.24) is 19.6 Å². The first-order valence-electron chi connectivity index (χ1n) is 7.28. The Bertz CT molecular complexity index is 892. The van der Waals surface area contributed by atoms with E-state index in [1.54, 1.807) is 0 Å². The predicted molar refractivity (Wildman–Crippen MR) is 78.7 cm³/mol. The van der Waals surface area contributed by atoms with Crippen molar-refractivity contribution >= 4 is 11.6 Å². The van der Waals surface area contributed by atoms with Gasteiger partial charge in [-0.15, -0.1) is 0 Å². The van der Waals surface area contributed by atoms with Gasteiger partial charge in [0.1, 0.15) is 17.9 Å². The molecule has 0 amide bonds. The van der Waals surface area contributed by atoms with Gasteiger partial charge in [0.05, 0.1) is 12.6 Å². The zero-order chi connectivity index (χ0) is 16.7. The quantitative estimate of drug-likeness (QED) is 0.780. The Labute approximate surface area is 134 Å². The molecule has 0 saturated carbocycles. The van der Waals surface area contributed by atoms with Crippen LogP contribution in [0.1, 0.15) is 23.7 Å². The van der Waals surface area contributed by atoms with Gasteiger partial charge in [-0.25, -0.2) is 4.98 Å². The molecule has 0 radical (unpaired) electrons. The van der Waals surface area contributed by atoms with Crippen LogP contribution in [0.4, 0.5) is 19.0 Å². The largest absolute Gasteiger partial charge is 0.493 e. The lowest BCUT2D eigenvalue weighted by molar-refractivity contribution is -0.141. The molecule has 3 heterocycles. The molecule has 9 heteroatoms. The number of alkyl halides is 3. The Morgan fingerprint density at radius 1 is 1.25 bits per heavy atom. The van der Waals surface area contributed by atoms with Gasteiger partial charge < -0.3 is 10.1 Å². The van der Waals surface area contributed by atoms with Crippen LogP contribution < -0.4 is 10.1 Å². The van der Waals surface area contributed by atoms with Gasteiger partial charge in [-0.05, 0) is 6.07 Å². The second-order valence-electron chi connectivity index (χ2n) is 5.37. The van der Waals surface area contributed by atoms with Crippen LogP contribution in [0.3, 0.4) is 0 Å². The van der Waals surface area contributed by atoms with Crippen LogP contribution in [0.5, 0.6) is 5.75 Å². The molecule has 0 fully saturated rings. The summed E-state index contributed by atoms with van der Waals surface area (Å²) in [6, 6.07) is 8.19. The highest BCUT2D eigenvalue weighted by molar-refractivity contribution is 5.49. The van der Waals surface area contributed by atoms with Crippen molar-refractivity contribution < 1.29 is 17.9 Å². The minimum Gasteiger partial charge on any atom is -0.493 e. The lowest BCUT2D eigenvalue weighted by Crippen LogP contribution is -2.22. The molecule has 1 atom stereocenters. The molecule has 0 bridgehead atoms. The van der Waals surface area contributed by atoms with E-state index in [0.717, 1.165) is 17.4 Å². The third-order valence-electron chi connectivity index (χ3n) is 3.82. The SMILES string of the molecule is FC(F)(F)c1cc(NC2CCOc3ccccc32)n2ncnc2n1. The average molecular weight is 335 g/mol. The Morgan fingerprint density at radius 2 is 2.08 bits per heavy atom. The number of rotatable bonds is 2. The summed E-state index contributed by atoms with van der Waals surface area (Å²) >= 11 is 0. The topological polar surface area (TPSA) is 64.3 Å². The van der Waals surface area contributed by atoms with Gasteiger partial charge in [-0.1, -0.05) is 18.2 Å². The number of nitrogens with one attached hydrogen (secondary N) is 1. The summed E-state index contributed by atoms with van der Waals surface area (Å²) in [7, 11) is 0. The van der Waals surface area contributed by atoms with Crippen molar-refractivity contribution in [3.8, 4) is 5.75 Å². The fourth-order valence-corrected chi connectivity index (χ4v) is 2.73. The van der Waals surface area contributed by atoms with E-state index < -0.39 is 11.9 Å². The maximum absolute atomic E-state index is 13.1. The van der Waals surface area contributed by atoms with E-state index in [-0.39, 0.29) is 17.6 Å². The molecule has 3 aromatic rings. The summed E-state index contributed by atoms with van der Waals surface area (Å²) in [6.45, 7) is 0.479. The number of hydrogen-bond acceptors (Lipinski definition) is 5. The van der Waals surface area contributed by atoms with Crippen LogP contribution in [0, 0.1) is 0 Å². The van der Waals surface area contributed by atoms with Crippen molar-refractivity contribution in [3.05, 3.63) is 47.9 Å². The second kappa shape index (κ2) is 5.36. The van der Waals surface area contributed by atoms with Crippen LogP contribution in [0.2, 0.25) is 0 Å². The molecule has 0 spiro atoms. The molecule has 24 heavy (non-hydrogen) atoms. The molecule has 0 saturated heterocycles. The first kappa shape index (κ1) is 14.7. The van der Waals surface area contributed by atoms with Crippen LogP contribution >= 0.6 is 0 Å². The summed E-state index contributed by atoms with van der Waals surface area (Å²) in [5, 5.41) is 7.06. The molecule has 1 aliphatic rings. The molecule has 1 N–H and O–H groups in total. The number of fused-ring (bicyclic) bond motifs is 2. The normalized spacial score (nSPS) is 17.4. The van der Waals surface area contributed by atoms with Gasteiger partial charge in [0.25, 0.3) is 5.78 Å². The zero-order valence-electron chi connectivity index (χ0n) is 12.3. The molecule has 4 rings (SSSR count). The number of para-hydroxylation sites is 1. The predicted octanol–water partition coefficient (Wildman–Crippen LogP) is 3.08. The minimum atomic E-state index is -4.56. The Morgan fingerprint density at radius 3 is 2.92 bits per heavy atom. The van der Waals surface area contributed by atoms with E-state index in [2.05, 4.69) is 20.4 Å². The molecule has 0 aliphatic carbocycles.